The van der Waals surface area contributed by atoms with Crippen molar-refractivity contribution in [2.45, 2.75) is 34.8 Å². The topological polar surface area (TPSA) is 0 Å². The van der Waals surface area contributed by atoms with E-state index in [0.717, 1.165) is 0 Å². The van der Waals surface area contributed by atoms with Gasteiger partial charge in [0.1, 0.15) is 0 Å². The molecular weight excluding hydrogens is 379 g/mol. The Bertz CT molecular complexity index is 629. The zero-order valence-corrected chi connectivity index (χ0v) is 17.5. The SMILES string of the molecule is Cc1cc2c(s1)-c1s[c]([Sn]([CH3])([CH3])[CH3])cc1[Si]2(C)C. The molecule has 1 aliphatic rings. The van der Waals surface area contributed by atoms with Crippen LogP contribution in [-0.2, 0) is 0 Å². The molecular formula is C14H20S2SiSn. The van der Waals surface area contributed by atoms with Crippen LogP contribution in [0.15, 0.2) is 12.1 Å². The minimum absolute atomic E-state index is 1.36. The number of hydrogen-bond donors (Lipinski definition) is 0. The van der Waals surface area contributed by atoms with Crippen molar-refractivity contribution in [2.24, 2.45) is 0 Å². The summed E-state index contributed by atoms with van der Waals surface area (Å²) >= 11 is 2.24. The monoisotopic (exact) mass is 400 g/mol. The summed E-state index contributed by atoms with van der Waals surface area (Å²) in [5.74, 6) is 0. The van der Waals surface area contributed by atoms with Crippen LogP contribution in [0.25, 0.3) is 9.75 Å². The molecule has 0 saturated heterocycles. The molecule has 3 rings (SSSR count). The first-order chi connectivity index (χ1) is 8.21. The average molecular weight is 399 g/mol. The molecule has 0 spiro atoms. The summed E-state index contributed by atoms with van der Waals surface area (Å²) in [4.78, 5) is 12.3. The van der Waals surface area contributed by atoms with Crippen LogP contribution < -0.4 is 13.3 Å². The number of hydrogen-bond acceptors (Lipinski definition) is 2. The molecule has 4 heteroatoms. The Balaban J connectivity index is 2.26. The van der Waals surface area contributed by atoms with Crippen LogP contribution in [0.5, 0.6) is 0 Å². The maximum atomic E-state index is 2.60. The average Bonchev–Trinajstić information content (AvgIpc) is 2.82. The van der Waals surface area contributed by atoms with E-state index in [-0.39, 0.29) is 0 Å². The van der Waals surface area contributed by atoms with E-state index in [9.17, 15) is 0 Å². The second-order valence-electron chi connectivity index (χ2n) is 6.83. The summed E-state index contributed by atoms with van der Waals surface area (Å²) in [6.45, 7) is 7.31. The molecule has 0 radical (unpaired) electrons. The van der Waals surface area contributed by atoms with Gasteiger partial charge in [0, 0.05) is 0 Å². The summed E-state index contributed by atoms with van der Waals surface area (Å²) in [5, 5.41) is 3.43. The van der Waals surface area contributed by atoms with Gasteiger partial charge in [-0.25, -0.2) is 0 Å². The van der Waals surface area contributed by atoms with E-state index in [4.69, 9.17) is 0 Å². The number of aryl methyl sites for hydroxylation is 1. The molecule has 3 heterocycles. The summed E-state index contributed by atoms with van der Waals surface area (Å²) in [6.07, 6.45) is 0. The predicted octanol–water partition coefficient (Wildman–Crippen LogP) is 3.47. The molecule has 1 aliphatic heterocycles. The molecule has 0 bridgehead atoms. The molecule has 0 unspecified atom stereocenters. The van der Waals surface area contributed by atoms with Crippen LogP contribution in [0.2, 0.25) is 27.9 Å². The standard InChI is InChI=1S/C11H11S2Si.3CH3.Sn/c1-7-6-9-11(13-7)10-8(4-5-12-10)14(9,2)3;;;;/h4,6H,1-3H3;3*1H3;. The maximum absolute atomic E-state index is 2.60. The fraction of sp³-hybridized carbons (Fsp3) is 0.429. The number of rotatable bonds is 1. The third-order valence-electron chi connectivity index (χ3n) is 3.88. The van der Waals surface area contributed by atoms with Gasteiger partial charge < -0.3 is 0 Å². The first-order valence-electron chi connectivity index (χ1n) is 6.47. The van der Waals surface area contributed by atoms with E-state index in [0.29, 0.717) is 0 Å². The van der Waals surface area contributed by atoms with E-state index >= 15 is 0 Å². The number of thiophene rings is 2. The first-order valence-corrected chi connectivity index (χ1v) is 21.1. The third kappa shape index (κ3) is 1.81. The van der Waals surface area contributed by atoms with Crippen LogP contribution >= 0.6 is 22.7 Å². The van der Waals surface area contributed by atoms with Crippen LogP contribution in [0.3, 0.4) is 0 Å². The van der Waals surface area contributed by atoms with Gasteiger partial charge in [-0.1, -0.05) is 0 Å². The van der Waals surface area contributed by atoms with Crippen molar-refractivity contribution in [3.63, 3.8) is 0 Å². The van der Waals surface area contributed by atoms with E-state index in [1.54, 1.807) is 23.0 Å². The second kappa shape index (κ2) is 3.96. The number of fused-ring (bicyclic) bond motifs is 3. The van der Waals surface area contributed by atoms with Gasteiger partial charge in [-0.2, -0.15) is 0 Å². The van der Waals surface area contributed by atoms with Gasteiger partial charge in [0.2, 0.25) is 0 Å². The van der Waals surface area contributed by atoms with Gasteiger partial charge >= 0.3 is 124 Å². The quantitative estimate of drug-likeness (QED) is 0.645. The summed E-state index contributed by atoms with van der Waals surface area (Å²) in [7, 11) is -1.36. The Morgan fingerprint density at radius 3 is 2.11 bits per heavy atom. The van der Waals surface area contributed by atoms with E-state index in [1.165, 1.54) is 4.88 Å². The molecule has 0 N–H and O–H groups in total. The molecule has 0 nitrogen and oxygen atoms in total. The molecule has 96 valence electrons. The van der Waals surface area contributed by atoms with Gasteiger partial charge in [-0.15, -0.1) is 0 Å². The summed E-state index contributed by atoms with van der Waals surface area (Å²) in [6, 6.07) is 5.06. The molecule has 2 aromatic rings. The Morgan fingerprint density at radius 1 is 0.944 bits per heavy atom. The molecule has 0 amide bonds. The summed E-state index contributed by atoms with van der Waals surface area (Å²) in [5.41, 5.74) is 0. The van der Waals surface area contributed by atoms with Gasteiger partial charge in [-0.05, 0) is 0 Å². The van der Waals surface area contributed by atoms with Crippen molar-refractivity contribution in [3.8, 4) is 9.75 Å². The van der Waals surface area contributed by atoms with Crippen molar-refractivity contribution in [1.29, 1.82) is 0 Å². The Morgan fingerprint density at radius 2 is 1.50 bits per heavy atom. The first kappa shape index (κ1) is 13.4. The molecule has 0 aliphatic carbocycles. The van der Waals surface area contributed by atoms with E-state index < -0.39 is 26.5 Å². The van der Waals surface area contributed by atoms with Crippen LogP contribution in [-0.4, -0.2) is 26.5 Å². The molecule has 0 saturated carbocycles. The van der Waals surface area contributed by atoms with Crippen molar-refractivity contribution >= 4 is 62.4 Å². The Hall–Kier alpha value is 0.416. The molecule has 0 fully saturated rings. The van der Waals surface area contributed by atoms with Crippen LogP contribution in [0.1, 0.15) is 4.88 Å². The van der Waals surface area contributed by atoms with Crippen LogP contribution in [0.4, 0.5) is 0 Å². The van der Waals surface area contributed by atoms with Crippen molar-refractivity contribution in [2.75, 3.05) is 0 Å². The van der Waals surface area contributed by atoms with Crippen molar-refractivity contribution in [1.82, 2.24) is 0 Å². The van der Waals surface area contributed by atoms with Gasteiger partial charge in [0.15, 0.2) is 0 Å². The third-order valence-corrected chi connectivity index (χ3v) is 19.5. The molecule has 18 heavy (non-hydrogen) atoms. The zero-order chi connectivity index (χ0) is 13.3. The van der Waals surface area contributed by atoms with Gasteiger partial charge in [-0.3, -0.25) is 0 Å². The second-order valence-corrected chi connectivity index (χ2v) is 28.9. The molecule has 2 aromatic heterocycles. The fourth-order valence-corrected chi connectivity index (χ4v) is 15.4. The van der Waals surface area contributed by atoms with Crippen LogP contribution in [0, 0.1) is 6.92 Å². The Labute approximate surface area is 123 Å². The minimum atomic E-state index is -1.90. The normalized spacial score (nSPS) is 16.8. The van der Waals surface area contributed by atoms with Gasteiger partial charge in [0.05, 0.1) is 0 Å². The van der Waals surface area contributed by atoms with Crippen molar-refractivity contribution in [3.05, 3.63) is 17.0 Å². The summed E-state index contributed by atoms with van der Waals surface area (Å²) < 4.78 is 1.76. The van der Waals surface area contributed by atoms with E-state index in [1.807, 2.05) is 11.3 Å². The predicted molar refractivity (Wildman–Crippen MR) is 92.1 cm³/mol. The van der Waals surface area contributed by atoms with E-state index in [2.05, 4.69) is 58.3 Å². The Kier molecular flexibility index (Phi) is 2.95. The fourth-order valence-electron chi connectivity index (χ4n) is 2.69. The van der Waals surface area contributed by atoms with Gasteiger partial charge in [0.25, 0.3) is 0 Å². The van der Waals surface area contributed by atoms with Crippen molar-refractivity contribution < 1.29 is 0 Å². The molecule has 0 aromatic carbocycles. The molecule has 0 atom stereocenters. The zero-order valence-electron chi connectivity index (χ0n) is 12.0.